The van der Waals surface area contributed by atoms with Crippen LogP contribution in [0.2, 0.25) is 5.02 Å². The van der Waals surface area contributed by atoms with E-state index >= 15 is 0 Å². The maximum atomic E-state index is 12.5. The number of methoxy groups -OCH3 is 1. The van der Waals surface area contributed by atoms with E-state index in [1.165, 1.54) is 21.0 Å². The van der Waals surface area contributed by atoms with Crippen LogP contribution in [0.3, 0.4) is 0 Å². The molecule has 0 heterocycles. The van der Waals surface area contributed by atoms with E-state index in [4.69, 9.17) is 21.1 Å². The van der Waals surface area contributed by atoms with Gasteiger partial charge in [-0.05, 0) is 67.3 Å². The zero-order valence-electron chi connectivity index (χ0n) is 18.7. The molecule has 0 unspecified atom stereocenters. The molecule has 0 atom stereocenters. The number of hydrogen-bond acceptors (Lipinski definition) is 4. The Hall–Kier alpha value is -3.51. The standard InChI is InChI=1S/C26H26ClNO5/c1-26(2,25(30)31)33-21-11-8-19(9-12-21)18-6-4-17(5-7-18)14-15-28-24(29)22-16-20(27)10-13-23(22)32-3/h4-13,16H,14-15H2,1-3H3,(H,28,29)(H,30,31). The van der Waals surface area contributed by atoms with Crippen LogP contribution < -0.4 is 14.8 Å². The summed E-state index contributed by atoms with van der Waals surface area (Å²) in [6.07, 6.45) is 0.673. The van der Waals surface area contributed by atoms with Crippen molar-refractivity contribution in [1.29, 1.82) is 0 Å². The van der Waals surface area contributed by atoms with Crippen molar-refractivity contribution in [2.75, 3.05) is 13.7 Å². The molecule has 172 valence electrons. The molecule has 0 spiro atoms. The van der Waals surface area contributed by atoms with Gasteiger partial charge in [-0.2, -0.15) is 0 Å². The van der Waals surface area contributed by atoms with Gasteiger partial charge in [0.2, 0.25) is 0 Å². The SMILES string of the molecule is COc1ccc(Cl)cc1C(=O)NCCc1ccc(-c2ccc(OC(C)(C)C(=O)O)cc2)cc1. The highest BCUT2D eigenvalue weighted by atomic mass is 35.5. The number of ether oxygens (including phenoxy) is 2. The number of rotatable bonds is 9. The molecule has 0 fully saturated rings. The smallest absolute Gasteiger partial charge is 0.347 e. The first-order chi connectivity index (χ1) is 15.7. The molecule has 1 amide bonds. The van der Waals surface area contributed by atoms with E-state index in [0.717, 1.165) is 16.7 Å². The minimum absolute atomic E-state index is 0.237. The molecule has 0 radical (unpaired) electrons. The Morgan fingerprint density at radius 1 is 0.970 bits per heavy atom. The predicted molar refractivity (Wildman–Crippen MR) is 128 cm³/mol. The monoisotopic (exact) mass is 467 g/mol. The molecule has 7 heteroatoms. The molecule has 3 aromatic carbocycles. The quantitative estimate of drug-likeness (QED) is 0.450. The number of nitrogens with one attached hydrogen (secondary N) is 1. The lowest BCUT2D eigenvalue weighted by Crippen LogP contribution is -2.37. The molecule has 2 N–H and O–H groups in total. The summed E-state index contributed by atoms with van der Waals surface area (Å²) in [5.41, 5.74) is 2.20. The van der Waals surface area contributed by atoms with E-state index in [0.29, 0.717) is 35.1 Å². The second kappa shape index (κ2) is 10.4. The highest BCUT2D eigenvalue weighted by Gasteiger charge is 2.29. The van der Waals surface area contributed by atoms with Crippen LogP contribution in [-0.4, -0.2) is 36.2 Å². The lowest BCUT2D eigenvalue weighted by atomic mass is 10.0. The zero-order valence-corrected chi connectivity index (χ0v) is 19.5. The van der Waals surface area contributed by atoms with Gasteiger partial charge in [0.1, 0.15) is 11.5 Å². The van der Waals surface area contributed by atoms with Gasteiger partial charge in [0.25, 0.3) is 5.91 Å². The fourth-order valence-corrected chi connectivity index (χ4v) is 3.36. The van der Waals surface area contributed by atoms with Crippen molar-refractivity contribution in [3.63, 3.8) is 0 Å². The topological polar surface area (TPSA) is 84.9 Å². The Kier molecular flexibility index (Phi) is 7.61. The van der Waals surface area contributed by atoms with E-state index < -0.39 is 11.6 Å². The number of aliphatic carboxylic acids is 1. The molecular formula is C26H26ClNO5. The molecule has 0 saturated carbocycles. The Morgan fingerprint density at radius 3 is 2.15 bits per heavy atom. The third kappa shape index (κ3) is 6.26. The third-order valence-corrected chi connectivity index (χ3v) is 5.37. The number of amides is 1. The number of carboxylic acid groups (broad SMARTS) is 1. The largest absolute Gasteiger partial charge is 0.496 e. The molecular weight excluding hydrogens is 442 g/mol. The summed E-state index contributed by atoms with van der Waals surface area (Å²) in [6, 6.07) is 20.3. The maximum Gasteiger partial charge on any atom is 0.347 e. The second-order valence-electron chi connectivity index (χ2n) is 7.99. The Labute approximate surface area is 198 Å². The molecule has 0 aliphatic carbocycles. The first-order valence-corrected chi connectivity index (χ1v) is 10.8. The van der Waals surface area contributed by atoms with Gasteiger partial charge in [-0.3, -0.25) is 4.79 Å². The van der Waals surface area contributed by atoms with E-state index in [1.54, 1.807) is 30.3 Å². The summed E-state index contributed by atoms with van der Waals surface area (Å²) in [5, 5.41) is 12.6. The lowest BCUT2D eigenvalue weighted by Gasteiger charge is -2.21. The van der Waals surface area contributed by atoms with Crippen molar-refractivity contribution in [3.05, 3.63) is 82.9 Å². The van der Waals surface area contributed by atoms with Crippen LogP contribution in [0, 0.1) is 0 Å². The number of benzene rings is 3. The first kappa shape index (κ1) is 24.1. The lowest BCUT2D eigenvalue weighted by molar-refractivity contribution is -0.152. The zero-order chi connectivity index (χ0) is 24.0. The van der Waals surface area contributed by atoms with E-state index in [-0.39, 0.29) is 5.91 Å². The average molecular weight is 468 g/mol. The fraction of sp³-hybridized carbons (Fsp3) is 0.231. The fourth-order valence-electron chi connectivity index (χ4n) is 3.19. The summed E-state index contributed by atoms with van der Waals surface area (Å²) in [5.74, 6) is -0.288. The van der Waals surface area contributed by atoms with Crippen molar-refractivity contribution in [1.82, 2.24) is 5.32 Å². The molecule has 0 aliphatic rings. The average Bonchev–Trinajstić information content (AvgIpc) is 2.79. The van der Waals surface area contributed by atoms with Crippen LogP contribution >= 0.6 is 11.6 Å². The van der Waals surface area contributed by atoms with Crippen LogP contribution in [0.15, 0.2) is 66.7 Å². The van der Waals surface area contributed by atoms with Crippen LogP contribution in [0.25, 0.3) is 11.1 Å². The number of carboxylic acids is 1. The van der Waals surface area contributed by atoms with Crippen molar-refractivity contribution < 1.29 is 24.2 Å². The molecule has 0 bridgehead atoms. The Morgan fingerprint density at radius 2 is 1.58 bits per heavy atom. The van der Waals surface area contributed by atoms with Crippen molar-refractivity contribution in [3.8, 4) is 22.6 Å². The molecule has 0 saturated heterocycles. The van der Waals surface area contributed by atoms with Crippen LogP contribution in [0.1, 0.15) is 29.8 Å². The van der Waals surface area contributed by atoms with E-state index in [9.17, 15) is 14.7 Å². The van der Waals surface area contributed by atoms with Gasteiger partial charge >= 0.3 is 5.97 Å². The maximum absolute atomic E-state index is 12.5. The summed E-state index contributed by atoms with van der Waals surface area (Å²) < 4.78 is 10.8. The van der Waals surface area contributed by atoms with Gasteiger partial charge in [-0.25, -0.2) is 4.79 Å². The first-order valence-electron chi connectivity index (χ1n) is 10.4. The van der Waals surface area contributed by atoms with Gasteiger partial charge < -0.3 is 19.9 Å². The number of hydrogen-bond donors (Lipinski definition) is 2. The third-order valence-electron chi connectivity index (χ3n) is 5.14. The molecule has 3 rings (SSSR count). The normalized spacial score (nSPS) is 11.0. The van der Waals surface area contributed by atoms with Gasteiger partial charge in [0, 0.05) is 11.6 Å². The van der Waals surface area contributed by atoms with Crippen LogP contribution in [0.5, 0.6) is 11.5 Å². The summed E-state index contributed by atoms with van der Waals surface area (Å²) in [4.78, 5) is 23.7. The Balaban J connectivity index is 1.57. The van der Waals surface area contributed by atoms with Crippen molar-refractivity contribution >= 4 is 23.5 Å². The summed E-state index contributed by atoms with van der Waals surface area (Å²) in [6.45, 7) is 3.49. The van der Waals surface area contributed by atoms with Crippen LogP contribution in [0.4, 0.5) is 0 Å². The van der Waals surface area contributed by atoms with E-state index in [2.05, 4.69) is 5.32 Å². The molecule has 0 aliphatic heterocycles. The van der Waals surface area contributed by atoms with Crippen molar-refractivity contribution in [2.24, 2.45) is 0 Å². The molecule has 0 aromatic heterocycles. The summed E-state index contributed by atoms with van der Waals surface area (Å²) >= 11 is 6.00. The summed E-state index contributed by atoms with van der Waals surface area (Å²) in [7, 11) is 1.51. The highest BCUT2D eigenvalue weighted by Crippen LogP contribution is 2.25. The number of carbonyl (C=O) groups excluding carboxylic acids is 1. The minimum Gasteiger partial charge on any atom is -0.496 e. The van der Waals surface area contributed by atoms with Gasteiger partial charge in [0.15, 0.2) is 5.60 Å². The molecule has 33 heavy (non-hydrogen) atoms. The molecule has 3 aromatic rings. The van der Waals surface area contributed by atoms with Crippen LogP contribution in [-0.2, 0) is 11.2 Å². The van der Waals surface area contributed by atoms with Gasteiger partial charge in [-0.1, -0.05) is 48.0 Å². The van der Waals surface area contributed by atoms with Gasteiger partial charge in [0.05, 0.1) is 12.7 Å². The second-order valence-corrected chi connectivity index (χ2v) is 8.43. The predicted octanol–water partition coefficient (Wildman–Crippen LogP) is 5.23. The number of halogens is 1. The number of carbonyl (C=O) groups is 2. The van der Waals surface area contributed by atoms with Crippen molar-refractivity contribution in [2.45, 2.75) is 25.9 Å². The van der Waals surface area contributed by atoms with Gasteiger partial charge in [-0.15, -0.1) is 0 Å². The highest BCUT2D eigenvalue weighted by molar-refractivity contribution is 6.31. The minimum atomic E-state index is -1.30. The van der Waals surface area contributed by atoms with E-state index in [1.807, 2.05) is 36.4 Å². The Bertz CT molecular complexity index is 1120. The molecule has 6 nitrogen and oxygen atoms in total.